The maximum atomic E-state index is 12.3. The van der Waals surface area contributed by atoms with Gasteiger partial charge >= 0.3 is 0 Å². The molecular weight excluding hydrogens is 590 g/mol. The maximum Gasteiger partial charge on any atom is 0.189 e. The van der Waals surface area contributed by atoms with Gasteiger partial charge in [-0.1, -0.05) is 0 Å². The summed E-state index contributed by atoms with van der Waals surface area (Å²) in [4.78, 5) is 12.3. The van der Waals surface area contributed by atoms with Crippen molar-refractivity contribution in [1.29, 1.82) is 0 Å². The normalized spacial score (nSPS) is 48.9. The first-order valence-electron chi connectivity index (χ1n) is 15.0. The van der Waals surface area contributed by atoms with Crippen LogP contribution in [0.4, 0.5) is 0 Å². The molecule has 0 bridgehead atoms. The van der Waals surface area contributed by atoms with E-state index in [0.29, 0.717) is 0 Å². The van der Waals surface area contributed by atoms with E-state index in [1.54, 1.807) is 0 Å². The molecule has 7 unspecified atom stereocenters. The number of hydrogen-bond donors (Lipinski definition) is 12. The zero-order chi connectivity index (χ0) is 32.5. The Balaban J connectivity index is 1.39. The second kappa shape index (κ2) is 15.3. The van der Waals surface area contributed by atoms with Gasteiger partial charge in [-0.05, 0) is 38.8 Å². The van der Waals surface area contributed by atoms with E-state index < -0.39 is 122 Å². The first-order chi connectivity index (χ1) is 20.8. The van der Waals surface area contributed by atoms with Gasteiger partial charge in [-0.3, -0.25) is 4.79 Å². The number of ether oxygens (including phenoxy) is 5. The van der Waals surface area contributed by atoms with Crippen molar-refractivity contribution in [3.63, 3.8) is 0 Å². The first kappa shape index (κ1) is 35.8. The van der Waals surface area contributed by atoms with Gasteiger partial charge in [0.05, 0.1) is 36.9 Å². The molecule has 0 aromatic heterocycles. The molecule has 3 heterocycles. The Labute approximate surface area is 254 Å². The lowest BCUT2D eigenvalue weighted by atomic mass is 9.77. The van der Waals surface area contributed by atoms with Crippen molar-refractivity contribution < 1.29 is 64.2 Å². The molecule has 256 valence electrons. The van der Waals surface area contributed by atoms with Crippen LogP contribution in [0, 0.1) is 5.92 Å². The highest BCUT2D eigenvalue weighted by atomic mass is 16.8. The zero-order valence-corrected chi connectivity index (χ0v) is 24.5. The molecule has 16 N–H and O–H groups in total. The van der Waals surface area contributed by atoms with Crippen LogP contribution in [0.5, 0.6) is 0 Å². The van der Waals surface area contributed by atoms with Crippen LogP contribution in [-0.2, 0) is 28.5 Å². The fraction of sp³-hybridized carbons (Fsp3) is 0.962. The van der Waals surface area contributed by atoms with Crippen molar-refractivity contribution in [2.45, 2.75) is 130 Å². The van der Waals surface area contributed by atoms with E-state index in [9.17, 15) is 40.5 Å². The SMILES string of the molecule is CN[C@H]1C(O)C2O[C@H](O[C@@H]3C(N)C[C@@H](CC(=O)C(O)CCN)[C@@H](O)[C@H]3O)C(N)C[C@@H]2O[C@@H]1O[C@H]1OC(CO)[C@@H](N)[C@H](O)C1O. The Hall–Kier alpha value is -1.01. The molecule has 0 aromatic carbocycles. The zero-order valence-electron chi connectivity index (χ0n) is 24.5. The maximum absolute atomic E-state index is 12.3. The summed E-state index contributed by atoms with van der Waals surface area (Å²) in [6, 6.07) is -3.65. The minimum atomic E-state index is -1.57. The monoisotopic (exact) mass is 639 g/mol. The van der Waals surface area contributed by atoms with Crippen LogP contribution < -0.4 is 28.3 Å². The second-order valence-electron chi connectivity index (χ2n) is 12.1. The Bertz CT molecular complexity index is 939. The van der Waals surface area contributed by atoms with Crippen molar-refractivity contribution in [1.82, 2.24) is 5.32 Å². The van der Waals surface area contributed by atoms with E-state index in [1.807, 2.05) is 0 Å². The van der Waals surface area contributed by atoms with E-state index in [-0.39, 0.29) is 32.2 Å². The molecule has 3 aliphatic heterocycles. The van der Waals surface area contributed by atoms with Gasteiger partial charge in [0.2, 0.25) is 0 Å². The van der Waals surface area contributed by atoms with Crippen LogP contribution in [0.25, 0.3) is 0 Å². The lowest BCUT2D eigenvalue weighted by Crippen LogP contribution is -2.70. The lowest BCUT2D eigenvalue weighted by molar-refractivity contribution is -0.373. The quantitative estimate of drug-likeness (QED) is 0.0998. The van der Waals surface area contributed by atoms with E-state index in [2.05, 4.69) is 5.32 Å². The summed E-state index contributed by atoms with van der Waals surface area (Å²) in [5, 5.41) is 76.0. The summed E-state index contributed by atoms with van der Waals surface area (Å²) in [5.74, 6) is -1.23. The number of aliphatic hydroxyl groups excluding tert-OH is 7. The van der Waals surface area contributed by atoms with E-state index >= 15 is 0 Å². The van der Waals surface area contributed by atoms with Crippen molar-refractivity contribution in [2.24, 2.45) is 28.9 Å². The minimum absolute atomic E-state index is 0.0796. The van der Waals surface area contributed by atoms with Crippen LogP contribution in [0.2, 0.25) is 0 Å². The number of nitrogens with two attached hydrogens (primary N) is 4. The van der Waals surface area contributed by atoms with Gasteiger partial charge < -0.3 is 87.7 Å². The number of fused-ring (bicyclic) bond motifs is 1. The summed E-state index contributed by atoms with van der Waals surface area (Å²) < 4.78 is 29.4. The van der Waals surface area contributed by atoms with Gasteiger partial charge in [0.25, 0.3) is 0 Å². The predicted octanol–water partition coefficient (Wildman–Crippen LogP) is -6.99. The highest BCUT2D eigenvalue weighted by Gasteiger charge is 2.54. The third kappa shape index (κ3) is 7.42. The van der Waals surface area contributed by atoms with Crippen molar-refractivity contribution in [3.05, 3.63) is 0 Å². The molecule has 4 fully saturated rings. The van der Waals surface area contributed by atoms with Gasteiger partial charge in [-0.2, -0.15) is 0 Å². The highest BCUT2D eigenvalue weighted by molar-refractivity contribution is 5.83. The Morgan fingerprint density at radius 3 is 2.23 bits per heavy atom. The Kier molecular flexibility index (Phi) is 12.4. The fourth-order valence-electron chi connectivity index (χ4n) is 6.43. The van der Waals surface area contributed by atoms with Crippen molar-refractivity contribution in [2.75, 3.05) is 20.2 Å². The van der Waals surface area contributed by atoms with E-state index in [4.69, 9.17) is 46.6 Å². The third-order valence-corrected chi connectivity index (χ3v) is 9.09. The standard InChI is InChI=1S/C26H49N5O13/c1-31-16-19(37)23-13(40-25(16)44-26-21(39)18(36)15(30)14(7-32)41-26)6-10(29)24(43-23)42-22-9(28)4-8(17(35)20(22)38)5-12(34)11(33)2-3-27/h8-11,13-26,31-33,35-39H,2-7,27-30H2,1H3/t8-,9?,10?,11?,13-,14?,15+,16-,17+,18-,19?,20+,21?,22+,23?,24-,25+,26+/m0/s1. The summed E-state index contributed by atoms with van der Waals surface area (Å²) in [6.07, 6.45) is -16.1. The van der Waals surface area contributed by atoms with E-state index in [0.717, 1.165) is 0 Å². The number of likely N-dealkylation sites (N-methyl/N-ethyl adjacent to an activating group) is 1. The molecule has 18 atom stereocenters. The average Bonchev–Trinajstić information content (AvgIpc) is 2.98. The molecule has 18 heteroatoms. The molecule has 1 saturated carbocycles. The molecule has 4 aliphatic rings. The highest BCUT2D eigenvalue weighted by Crippen LogP contribution is 2.36. The molecule has 44 heavy (non-hydrogen) atoms. The van der Waals surface area contributed by atoms with Crippen LogP contribution in [0.3, 0.4) is 0 Å². The van der Waals surface area contributed by atoms with Gasteiger partial charge in [0, 0.05) is 12.5 Å². The number of aliphatic hydroxyl groups is 7. The Morgan fingerprint density at radius 1 is 0.886 bits per heavy atom. The van der Waals surface area contributed by atoms with Crippen LogP contribution in [0.15, 0.2) is 0 Å². The minimum Gasteiger partial charge on any atom is -0.394 e. The average molecular weight is 640 g/mol. The number of Topliss-reactive ketones (excluding diaryl/α,β-unsaturated/α-hetero) is 1. The van der Waals surface area contributed by atoms with Gasteiger partial charge in [0.15, 0.2) is 24.7 Å². The molecule has 3 saturated heterocycles. The lowest BCUT2D eigenvalue weighted by Gasteiger charge is -2.51. The molecule has 1 aliphatic carbocycles. The van der Waals surface area contributed by atoms with Crippen LogP contribution in [0.1, 0.15) is 25.7 Å². The summed E-state index contributed by atoms with van der Waals surface area (Å²) in [7, 11) is 1.53. The van der Waals surface area contributed by atoms with Crippen molar-refractivity contribution in [3.8, 4) is 0 Å². The van der Waals surface area contributed by atoms with E-state index in [1.165, 1.54) is 7.05 Å². The van der Waals surface area contributed by atoms with Gasteiger partial charge in [-0.15, -0.1) is 0 Å². The second-order valence-corrected chi connectivity index (χ2v) is 12.1. The van der Waals surface area contributed by atoms with Crippen LogP contribution >= 0.6 is 0 Å². The number of nitrogens with one attached hydrogen (secondary N) is 1. The molecule has 0 spiro atoms. The molecular formula is C26H49N5O13. The third-order valence-electron chi connectivity index (χ3n) is 9.09. The number of rotatable bonds is 11. The number of hydrogen-bond acceptors (Lipinski definition) is 18. The summed E-state index contributed by atoms with van der Waals surface area (Å²) in [5.41, 5.74) is 23.8. The molecule has 4 rings (SSSR count). The molecule has 0 radical (unpaired) electrons. The summed E-state index contributed by atoms with van der Waals surface area (Å²) in [6.45, 7) is -0.414. The first-order valence-corrected chi connectivity index (χ1v) is 15.0. The summed E-state index contributed by atoms with van der Waals surface area (Å²) >= 11 is 0. The topological polar surface area (TPSA) is 321 Å². The van der Waals surface area contributed by atoms with Crippen LogP contribution in [-0.4, -0.2) is 166 Å². The smallest absolute Gasteiger partial charge is 0.189 e. The molecule has 0 aromatic rings. The van der Waals surface area contributed by atoms with Gasteiger partial charge in [-0.25, -0.2) is 0 Å². The van der Waals surface area contributed by atoms with Gasteiger partial charge in [0.1, 0.15) is 48.8 Å². The predicted molar refractivity (Wildman–Crippen MR) is 148 cm³/mol. The molecule has 18 nitrogen and oxygen atoms in total. The number of carbonyl (C=O) groups excluding carboxylic acids is 1. The molecule has 0 amide bonds. The number of carbonyl (C=O) groups is 1. The number of ketones is 1. The van der Waals surface area contributed by atoms with Crippen molar-refractivity contribution >= 4 is 5.78 Å². The largest absolute Gasteiger partial charge is 0.394 e. The Morgan fingerprint density at radius 2 is 1.59 bits per heavy atom. The fourth-order valence-corrected chi connectivity index (χ4v) is 6.43.